The van der Waals surface area contributed by atoms with E-state index in [2.05, 4.69) is 5.32 Å². The Morgan fingerprint density at radius 1 is 0.780 bits per heavy atom. The molecule has 202 valence electrons. The quantitative estimate of drug-likeness (QED) is 0.259. The molecule has 5 nitrogen and oxygen atoms in total. The van der Waals surface area contributed by atoms with Crippen LogP contribution in [0.1, 0.15) is 38.8 Å². The van der Waals surface area contributed by atoms with Crippen LogP contribution in [-0.4, -0.2) is 29.6 Å². The van der Waals surface area contributed by atoms with E-state index < -0.39 is 23.4 Å². The van der Waals surface area contributed by atoms with Crippen LogP contribution in [0.5, 0.6) is 0 Å². The van der Waals surface area contributed by atoms with Gasteiger partial charge in [0.05, 0.1) is 12.0 Å². The van der Waals surface area contributed by atoms with E-state index in [4.69, 9.17) is 23.2 Å². The van der Waals surface area contributed by atoms with E-state index in [0.717, 1.165) is 16.8 Å². The maximum atomic E-state index is 14.8. The van der Waals surface area contributed by atoms with Gasteiger partial charge in [-0.25, -0.2) is 0 Å². The van der Waals surface area contributed by atoms with Crippen LogP contribution < -0.4 is 10.2 Å². The summed E-state index contributed by atoms with van der Waals surface area (Å²) in [6, 6.07) is 27.0. The van der Waals surface area contributed by atoms with Gasteiger partial charge >= 0.3 is 0 Å². The zero-order valence-electron chi connectivity index (χ0n) is 22.0. The summed E-state index contributed by atoms with van der Waals surface area (Å²) in [6.45, 7) is 2.01. The van der Waals surface area contributed by atoms with Gasteiger partial charge in [-0.15, -0.1) is 0 Å². The highest BCUT2D eigenvalue weighted by Crippen LogP contribution is 2.58. The number of anilines is 2. The molecule has 1 saturated heterocycles. The maximum absolute atomic E-state index is 14.8. The number of nitrogens with zero attached hydrogens (tertiary/aromatic N) is 1. The average molecular weight is 579 g/mol. The first-order valence-corrected chi connectivity index (χ1v) is 14.1. The standard InChI is InChI=1S/C34H24Cl2N2O3/c1-19-18-28-34(25-7-3-4-8-26(25)37-33(34)41)29(31(39)20-10-14-22(35)15-11-20)30(32(40)21-12-16-23(36)17-13-21)38(28)27-9-5-2-6-24(19)27/h2-18,28-30H,1H3,(H,37,41)/t28-,29+,30-,34+/m1/s1. The molecule has 0 radical (unpaired) electrons. The third kappa shape index (κ3) is 3.66. The first kappa shape index (κ1) is 25.8. The summed E-state index contributed by atoms with van der Waals surface area (Å²) >= 11 is 12.3. The summed E-state index contributed by atoms with van der Waals surface area (Å²) < 4.78 is 0. The Morgan fingerprint density at radius 2 is 1.37 bits per heavy atom. The van der Waals surface area contributed by atoms with Gasteiger partial charge in [-0.05, 0) is 78.7 Å². The van der Waals surface area contributed by atoms with Gasteiger partial charge in [0.15, 0.2) is 11.6 Å². The minimum absolute atomic E-state index is 0.254. The Bertz CT molecular complexity index is 1780. The van der Waals surface area contributed by atoms with Crippen molar-refractivity contribution in [1.29, 1.82) is 0 Å². The monoisotopic (exact) mass is 578 g/mol. The highest BCUT2D eigenvalue weighted by molar-refractivity contribution is 6.31. The smallest absolute Gasteiger partial charge is 0.238 e. The molecular formula is C34H24Cl2N2O3. The third-order valence-electron chi connectivity index (χ3n) is 8.69. The molecule has 0 aliphatic carbocycles. The normalized spacial score (nSPS) is 23.9. The summed E-state index contributed by atoms with van der Waals surface area (Å²) in [7, 11) is 0. The molecule has 3 aliphatic heterocycles. The summed E-state index contributed by atoms with van der Waals surface area (Å²) in [6.07, 6.45) is 2.04. The van der Waals surface area contributed by atoms with Crippen molar-refractivity contribution < 1.29 is 14.4 Å². The third-order valence-corrected chi connectivity index (χ3v) is 9.20. The largest absolute Gasteiger partial charge is 0.352 e. The van der Waals surface area contributed by atoms with Crippen LogP contribution in [0.2, 0.25) is 10.0 Å². The molecule has 0 saturated carbocycles. The number of rotatable bonds is 4. The highest BCUT2D eigenvalue weighted by Gasteiger charge is 2.70. The van der Waals surface area contributed by atoms with Crippen molar-refractivity contribution in [1.82, 2.24) is 0 Å². The van der Waals surface area contributed by atoms with Gasteiger partial charge in [-0.1, -0.05) is 65.7 Å². The number of nitrogens with one attached hydrogen (secondary N) is 1. The lowest BCUT2D eigenvalue weighted by molar-refractivity contribution is -0.121. The van der Waals surface area contributed by atoms with Gasteiger partial charge in [0.25, 0.3) is 0 Å². The summed E-state index contributed by atoms with van der Waals surface area (Å²) in [4.78, 5) is 45.8. The van der Waals surface area contributed by atoms with Crippen molar-refractivity contribution in [2.75, 3.05) is 10.2 Å². The summed E-state index contributed by atoms with van der Waals surface area (Å²) in [5.74, 6) is -1.89. The van der Waals surface area contributed by atoms with Gasteiger partial charge < -0.3 is 10.2 Å². The fourth-order valence-corrected chi connectivity index (χ4v) is 7.22. The zero-order valence-corrected chi connectivity index (χ0v) is 23.5. The number of fused-ring (bicyclic) bond motifs is 6. The number of hydrogen-bond donors (Lipinski definition) is 1. The molecule has 4 aromatic carbocycles. The number of ketones is 2. The minimum Gasteiger partial charge on any atom is -0.352 e. The van der Waals surface area contributed by atoms with Crippen LogP contribution in [-0.2, 0) is 10.2 Å². The topological polar surface area (TPSA) is 66.5 Å². The van der Waals surface area contributed by atoms with Crippen molar-refractivity contribution >= 4 is 57.6 Å². The lowest BCUT2D eigenvalue weighted by Crippen LogP contribution is -2.51. The number of carbonyl (C=O) groups excluding carboxylic acids is 3. The lowest BCUT2D eigenvalue weighted by atomic mass is 9.64. The molecule has 4 atom stereocenters. The fraction of sp³-hybridized carbons (Fsp3) is 0.147. The second-order valence-electron chi connectivity index (χ2n) is 10.8. The molecule has 1 fully saturated rings. The van der Waals surface area contributed by atoms with Gasteiger partial charge in [-0.3, -0.25) is 14.4 Å². The van der Waals surface area contributed by atoms with Gasteiger partial charge in [0, 0.05) is 38.1 Å². The molecular weight excluding hydrogens is 555 g/mol. The molecule has 1 spiro atoms. The lowest BCUT2D eigenvalue weighted by Gasteiger charge is -2.39. The van der Waals surface area contributed by atoms with Crippen LogP contribution in [0.4, 0.5) is 11.4 Å². The van der Waals surface area contributed by atoms with Crippen LogP contribution in [0.15, 0.2) is 103 Å². The zero-order chi connectivity index (χ0) is 28.5. The van der Waals surface area contributed by atoms with Crippen molar-refractivity contribution in [3.05, 3.63) is 135 Å². The number of Topliss-reactive ketones (excluding diaryl/α,β-unsaturated/α-hetero) is 2. The molecule has 1 amide bonds. The second kappa shape index (κ2) is 9.44. The predicted molar refractivity (Wildman–Crippen MR) is 162 cm³/mol. The van der Waals surface area contributed by atoms with E-state index in [1.165, 1.54) is 0 Å². The molecule has 0 aromatic heterocycles. The number of benzene rings is 4. The minimum atomic E-state index is -1.37. The number of hydrogen-bond acceptors (Lipinski definition) is 4. The molecule has 41 heavy (non-hydrogen) atoms. The van der Waals surface area contributed by atoms with Crippen molar-refractivity contribution in [3.63, 3.8) is 0 Å². The van der Waals surface area contributed by atoms with Gasteiger partial charge in [0.2, 0.25) is 5.91 Å². The van der Waals surface area contributed by atoms with E-state index in [1.807, 2.05) is 66.4 Å². The molecule has 0 unspecified atom stereocenters. The second-order valence-corrected chi connectivity index (χ2v) is 11.6. The number of allylic oxidation sites excluding steroid dienone is 1. The molecule has 3 heterocycles. The predicted octanol–water partition coefficient (Wildman–Crippen LogP) is 7.24. The SMILES string of the molecule is CC1=C[C@H]2N(c3ccccc31)[C@@H](C(=O)c1ccc(Cl)cc1)[C@@H](C(=O)c1ccc(Cl)cc1)[C@@]21C(=O)Nc2ccccc21. The van der Waals surface area contributed by atoms with E-state index >= 15 is 0 Å². The number of para-hydroxylation sites is 2. The Hall–Kier alpha value is -4.19. The number of amides is 1. The first-order chi connectivity index (χ1) is 19.8. The van der Waals surface area contributed by atoms with E-state index in [1.54, 1.807) is 48.5 Å². The van der Waals surface area contributed by atoms with Gasteiger partial charge in [-0.2, -0.15) is 0 Å². The van der Waals surface area contributed by atoms with Crippen molar-refractivity contribution in [2.45, 2.75) is 24.4 Å². The Kier molecular flexibility index (Phi) is 5.93. The van der Waals surface area contributed by atoms with E-state index in [0.29, 0.717) is 32.4 Å². The summed E-state index contributed by atoms with van der Waals surface area (Å²) in [5, 5.41) is 4.05. The van der Waals surface area contributed by atoms with Crippen LogP contribution in [0.25, 0.3) is 5.57 Å². The maximum Gasteiger partial charge on any atom is 0.238 e. The molecule has 7 heteroatoms. The van der Waals surface area contributed by atoms with Crippen molar-refractivity contribution in [2.24, 2.45) is 5.92 Å². The van der Waals surface area contributed by atoms with Gasteiger partial charge in [0.1, 0.15) is 11.5 Å². The first-order valence-electron chi connectivity index (χ1n) is 13.4. The molecule has 7 rings (SSSR count). The van der Waals surface area contributed by atoms with Crippen molar-refractivity contribution in [3.8, 4) is 0 Å². The van der Waals surface area contributed by atoms with E-state index in [-0.39, 0.29) is 17.5 Å². The van der Waals surface area contributed by atoms with Crippen LogP contribution in [0, 0.1) is 5.92 Å². The Labute approximate surface area is 247 Å². The highest BCUT2D eigenvalue weighted by atomic mass is 35.5. The molecule has 1 N–H and O–H groups in total. The Morgan fingerprint density at radius 3 is 2.05 bits per heavy atom. The molecule has 3 aliphatic rings. The fourth-order valence-electron chi connectivity index (χ4n) is 6.97. The number of carbonyl (C=O) groups is 3. The average Bonchev–Trinajstić information content (AvgIpc) is 3.45. The van der Waals surface area contributed by atoms with Crippen LogP contribution >= 0.6 is 23.2 Å². The van der Waals surface area contributed by atoms with E-state index in [9.17, 15) is 14.4 Å². The van der Waals surface area contributed by atoms with Crippen LogP contribution in [0.3, 0.4) is 0 Å². The summed E-state index contributed by atoms with van der Waals surface area (Å²) in [5.41, 5.74) is 3.55. The number of halogens is 2. The molecule has 4 aromatic rings. The Balaban J connectivity index is 1.55. The molecule has 0 bridgehead atoms.